The lowest BCUT2D eigenvalue weighted by Gasteiger charge is -2.41. The number of halogens is 1. The van der Waals surface area contributed by atoms with Crippen LogP contribution >= 0.6 is 11.6 Å². The summed E-state index contributed by atoms with van der Waals surface area (Å²) in [4.78, 5) is 17.6. The zero-order valence-corrected chi connectivity index (χ0v) is 21.5. The van der Waals surface area contributed by atoms with Gasteiger partial charge in [-0.3, -0.25) is 14.0 Å². The van der Waals surface area contributed by atoms with E-state index in [0.29, 0.717) is 36.9 Å². The SMILES string of the molecule is C[C@H](C(=O)N1CCN(C(c2ccccc2)c2ccccc2)CC1)N(c1ccc(Cl)cc1)S(C)(=O)=O. The minimum Gasteiger partial charge on any atom is -0.338 e. The van der Waals surface area contributed by atoms with Crippen molar-refractivity contribution in [3.63, 3.8) is 0 Å². The van der Waals surface area contributed by atoms with Gasteiger partial charge < -0.3 is 4.90 Å². The fraction of sp³-hybridized carbons (Fsp3) is 0.296. The Morgan fingerprint density at radius 3 is 1.77 bits per heavy atom. The Morgan fingerprint density at radius 1 is 0.829 bits per heavy atom. The molecule has 0 aliphatic carbocycles. The number of anilines is 1. The van der Waals surface area contributed by atoms with E-state index in [4.69, 9.17) is 11.6 Å². The predicted octanol–water partition coefficient (Wildman–Crippen LogP) is 4.43. The average Bonchev–Trinajstić information content (AvgIpc) is 2.86. The molecule has 0 bridgehead atoms. The first-order valence-electron chi connectivity index (χ1n) is 11.6. The van der Waals surface area contributed by atoms with Gasteiger partial charge in [-0.2, -0.15) is 0 Å². The Bertz CT molecular complexity index is 1190. The first kappa shape index (κ1) is 25.2. The van der Waals surface area contributed by atoms with Crippen molar-refractivity contribution in [3.05, 3.63) is 101 Å². The lowest BCUT2D eigenvalue weighted by Crippen LogP contribution is -2.55. The number of hydrogen-bond donors (Lipinski definition) is 0. The zero-order chi connectivity index (χ0) is 25.0. The van der Waals surface area contributed by atoms with Crippen LogP contribution in [-0.2, 0) is 14.8 Å². The van der Waals surface area contributed by atoms with E-state index in [9.17, 15) is 13.2 Å². The van der Waals surface area contributed by atoms with Crippen molar-refractivity contribution in [2.75, 3.05) is 36.7 Å². The van der Waals surface area contributed by atoms with E-state index in [0.717, 1.165) is 6.26 Å². The molecule has 3 aromatic rings. The second-order valence-corrected chi connectivity index (χ2v) is 11.1. The summed E-state index contributed by atoms with van der Waals surface area (Å²) < 4.78 is 26.4. The summed E-state index contributed by atoms with van der Waals surface area (Å²) in [5.74, 6) is -0.207. The van der Waals surface area contributed by atoms with Crippen LogP contribution in [0.15, 0.2) is 84.9 Å². The highest BCUT2D eigenvalue weighted by Crippen LogP contribution is 2.30. The van der Waals surface area contributed by atoms with Gasteiger partial charge in [0.1, 0.15) is 6.04 Å². The smallest absolute Gasteiger partial charge is 0.246 e. The van der Waals surface area contributed by atoms with Crippen molar-refractivity contribution in [1.29, 1.82) is 0 Å². The van der Waals surface area contributed by atoms with Gasteiger partial charge in [0.2, 0.25) is 15.9 Å². The molecule has 0 N–H and O–H groups in total. The molecule has 3 aromatic carbocycles. The molecule has 0 unspecified atom stereocenters. The largest absolute Gasteiger partial charge is 0.338 e. The van der Waals surface area contributed by atoms with E-state index in [-0.39, 0.29) is 11.9 Å². The summed E-state index contributed by atoms with van der Waals surface area (Å²) in [5.41, 5.74) is 2.83. The van der Waals surface area contributed by atoms with E-state index in [2.05, 4.69) is 29.2 Å². The number of sulfonamides is 1. The molecular weight excluding hydrogens is 482 g/mol. The molecule has 8 heteroatoms. The molecule has 4 rings (SSSR count). The highest BCUT2D eigenvalue weighted by atomic mass is 35.5. The molecule has 1 amide bonds. The first-order chi connectivity index (χ1) is 16.8. The summed E-state index contributed by atoms with van der Waals surface area (Å²) in [6.07, 6.45) is 1.12. The van der Waals surface area contributed by atoms with Crippen molar-refractivity contribution in [1.82, 2.24) is 9.80 Å². The minimum absolute atomic E-state index is 0.0914. The van der Waals surface area contributed by atoms with Gasteiger partial charge in [-0.25, -0.2) is 8.42 Å². The van der Waals surface area contributed by atoms with Crippen LogP contribution < -0.4 is 4.31 Å². The fourth-order valence-corrected chi connectivity index (χ4v) is 6.04. The fourth-order valence-electron chi connectivity index (χ4n) is 4.74. The second-order valence-electron chi connectivity index (χ2n) is 8.80. The van der Waals surface area contributed by atoms with Gasteiger partial charge in [0.25, 0.3) is 0 Å². The maximum atomic E-state index is 13.4. The standard InChI is InChI=1S/C27H30ClN3O3S/c1-21(31(35(2,33)34)25-15-13-24(28)14-16-25)27(32)30-19-17-29(18-20-30)26(22-9-5-3-6-10-22)23-11-7-4-8-12-23/h3-16,21,26H,17-20H2,1-2H3/t21-/m1/s1. The van der Waals surface area contributed by atoms with Crippen LogP contribution in [-0.4, -0.2) is 62.6 Å². The van der Waals surface area contributed by atoms with Crippen LogP contribution in [0.1, 0.15) is 24.1 Å². The lowest BCUT2D eigenvalue weighted by atomic mass is 9.96. The molecule has 0 spiro atoms. The number of carbonyl (C=O) groups is 1. The maximum Gasteiger partial charge on any atom is 0.246 e. The number of amides is 1. The van der Waals surface area contributed by atoms with Crippen molar-refractivity contribution in [3.8, 4) is 0 Å². The second kappa shape index (κ2) is 10.8. The third-order valence-corrected chi connectivity index (χ3v) is 7.86. The molecule has 1 fully saturated rings. The molecule has 1 atom stereocenters. The van der Waals surface area contributed by atoms with Gasteiger partial charge in [-0.05, 0) is 42.3 Å². The topological polar surface area (TPSA) is 60.9 Å². The lowest BCUT2D eigenvalue weighted by molar-refractivity contribution is -0.134. The molecule has 0 radical (unpaired) electrons. The van der Waals surface area contributed by atoms with Crippen molar-refractivity contribution in [2.24, 2.45) is 0 Å². The Morgan fingerprint density at radius 2 is 1.31 bits per heavy atom. The van der Waals surface area contributed by atoms with E-state index in [1.54, 1.807) is 36.1 Å². The van der Waals surface area contributed by atoms with Crippen molar-refractivity contribution in [2.45, 2.75) is 19.0 Å². The molecule has 184 valence electrons. The van der Waals surface area contributed by atoms with Crippen LogP contribution in [0.2, 0.25) is 5.02 Å². The number of benzene rings is 3. The molecule has 35 heavy (non-hydrogen) atoms. The Kier molecular flexibility index (Phi) is 7.79. The average molecular weight is 512 g/mol. The number of piperazine rings is 1. The number of nitrogens with zero attached hydrogens (tertiary/aromatic N) is 3. The van der Waals surface area contributed by atoms with Gasteiger partial charge in [0, 0.05) is 31.2 Å². The van der Waals surface area contributed by atoms with Gasteiger partial charge in [0.15, 0.2) is 0 Å². The van der Waals surface area contributed by atoms with E-state index in [1.165, 1.54) is 15.4 Å². The van der Waals surface area contributed by atoms with Gasteiger partial charge in [-0.1, -0.05) is 72.3 Å². The zero-order valence-electron chi connectivity index (χ0n) is 19.9. The molecule has 1 aliphatic rings. The van der Waals surface area contributed by atoms with Crippen LogP contribution in [0.3, 0.4) is 0 Å². The van der Waals surface area contributed by atoms with Crippen molar-refractivity contribution < 1.29 is 13.2 Å². The molecule has 0 saturated carbocycles. The van der Waals surface area contributed by atoms with E-state index < -0.39 is 16.1 Å². The first-order valence-corrected chi connectivity index (χ1v) is 13.9. The predicted molar refractivity (Wildman–Crippen MR) is 141 cm³/mol. The molecule has 0 aromatic heterocycles. The quantitative estimate of drug-likeness (QED) is 0.471. The van der Waals surface area contributed by atoms with Gasteiger partial charge in [0.05, 0.1) is 18.0 Å². The third-order valence-electron chi connectivity index (χ3n) is 6.37. The molecule has 6 nitrogen and oxygen atoms in total. The minimum atomic E-state index is -3.68. The summed E-state index contributed by atoms with van der Waals surface area (Å²) in [7, 11) is -3.68. The highest BCUT2D eigenvalue weighted by molar-refractivity contribution is 7.92. The Hall–Kier alpha value is -2.87. The maximum absolute atomic E-state index is 13.4. The van der Waals surface area contributed by atoms with Gasteiger partial charge in [-0.15, -0.1) is 0 Å². The van der Waals surface area contributed by atoms with Crippen LogP contribution in [0, 0.1) is 0 Å². The molecule has 1 saturated heterocycles. The number of rotatable bonds is 7. The Balaban J connectivity index is 1.51. The number of hydrogen-bond acceptors (Lipinski definition) is 4. The molecule has 1 aliphatic heterocycles. The summed E-state index contributed by atoms with van der Waals surface area (Å²) in [6.45, 7) is 4.07. The van der Waals surface area contributed by atoms with Crippen LogP contribution in [0.4, 0.5) is 5.69 Å². The molecule has 1 heterocycles. The van der Waals surface area contributed by atoms with E-state index >= 15 is 0 Å². The normalized spacial score (nSPS) is 15.7. The van der Waals surface area contributed by atoms with Crippen LogP contribution in [0.5, 0.6) is 0 Å². The monoisotopic (exact) mass is 511 g/mol. The van der Waals surface area contributed by atoms with E-state index in [1.807, 2.05) is 36.4 Å². The number of carbonyl (C=O) groups excluding carboxylic acids is 1. The third kappa shape index (κ3) is 5.86. The highest BCUT2D eigenvalue weighted by Gasteiger charge is 2.34. The van der Waals surface area contributed by atoms with Crippen LogP contribution in [0.25, 0.3) is 0 Å². The van der Waals surface area contributed by atoms with Crippen molar-refractivity contribution >= 4 is 33.2 Å². The summed E-state index contributed by atoms with van der Waals surface area (Å²) >= 11 is 5.97. The summed E-state index contributed by atoms with van der Waals surface area (Å²) in [6, 6.07) is 26.4. The molecular formula is C27H30ClN3O3S. The summed E-state index contributed by atoms with van der Waals surface area (Å²) in [5, 5.41) is 0.503. The Labute approximate surface area is 212 Å². The van der Waals surface area contributed by atoms with Gasteiger partial charge >= 0.3 is 0 Å².